The van der Waals surface area contributed by atoms with Crippen LogP contribution in [-0.2, 0) is 0 Å². The van der Waals surface area contributed by atoms with E-state index in [4.69, 9.17) is 0 Å². The number of halogens is 15. The fraction of sp³-hybridized carbons (Fsp3) is 0. The van der Waals surface area contributed by atoms with Crippen LogP contribution in [-0.4, -0.2) is 31.0 Å². The number of H-pyrrole nitrogens is 4. The second kappa shape index (κ2) is 15.6. The van der Waals surface area contributed by atoms with Gasteiger partial charge in [-0.25, -0.2) is 70.7 Å². The Balaban J connectivity index is 1.52. The van der Waals surface area contributed by atoms with Gasteiger partial charge in [0.2, 0.25) is 17.5 Å². The summed E-state index contributed by atoms with van der Waals surface area (Å²) >= 11 is 0. The Labute approximate surface area is 355 Å². The van der Waals surface area contributed by atoms with E-state index in [1.54, 1.807) is 0 Å². The molecule has 9 rings (SSSR count). The summed E-state index contributed by atoms with van der Waals surface area (Å²) < 4.78 is 228. The molecule has 0 amide bonds. The Morgan fingerprint density at radius 1 is 0.303 bits per heavy atom. The van der Waals surface area contributed by atoms with E-state index in [9.17, 15) is 49.4 Å². The third kappa shape index (κ3) is 6.43. The molecule has 0 unspecified atom stereocenters. The Hall–Kier alpha value is -8.10. The number of aromatic nitrogens is 4. The summed E-state index contributed by atoms with van der Waals surface area (Å²) in [7, 11) is 0. The number of fused-ring (bicyclic) bond motifs is 8. The van der Waals surface area contributed by atoms with Crippen LogP contribution in [0, 0.1) is 87.3 Å². The molecule has 1 aliphatic heterocycles. The molecular formula is C45H17F15N4O2. The molecule has 8 aromatic rings. The Morgan fingerprint density at radius 3 is 0.818 bits per heavy atom. The van der Waals surface area contributed by atoms with Gasteiger partial charge in [0.05, 0.1) is 22.3 Å². The third-order valence-electron chi connectivity index (χ3n) is 10.7. The normalized spacial score (nSPS) is 12.8. The quantitative estimate of drug-likeness (QED) is 0.0686. The van der Waals surface area contributed by atoms with Crippen LogP contribution in [0.25, 0.3) is 22.3 Å². The number of carbonyl (C=O) groups is 1. The third-order valence-corrected chi connectivity index (χ3v) is 10.7. The van der Waals surface area contributed by atoms with Crippen molar-refractivity contribution >= 4 is 28.3 Å². The molecule has 66 heavy (non-hydrogen) atoms. The van der Waals surface area contributed by atoms with E-state index in [-0.39, 0.29) is 27.7 Å². The maximum Gasteiger partial charge on any atom is 0.335 e. The van der Waals surface area contributed by atoms with Gasteiger partial charge in [-0.2, -0.15) is 0 Å². The second-order valence-corrected chi connectivity index (χ2v) is 14.4. The van der Waals surface area contributed by atoms with E-state index in [0.717, 1.165) is 48.5 Å². The summed E-state index contributed by atoms with van der Waals surface area (Å²) in [5, 5.41) is 7.55. The topological polar surface area (TPSA) is 100 Å². The number of carboxylic acid groups (broad SMARTS) is 1. The van der Waals surface area contributed by atoms with E-state index >= 15 is 26.3 Å². The molecule has 334 valence electrons. The number of benzene rings is 4. The zero-order valence-corrected chi connectivity index (χ0v) is 32.0. The first-order chi connectivity index (χ1) is 31.3. The zero-order valence-electron chi connectivity index (χ0n) is 32.0. The van der Waals surface area contributed by atoms with Crippen molar-refractivity contribution in [2.45, 2.75) is 0 Å². The van der Waals surface area contributed by atoms with Gasteiger partial charge in [0.25, 0.3) is 0 Å². The minimum atomic E-state index is -2.62. The molecule has 0 spiro atoms. The van der Waals surface area contributed by atoms with Crippen LogP contribution >= 0.6 is 0 Å². The van der Waals surface area contributed by atoms with Crippen LogP contribution in [0.1, 0.15) is 55.4 Å². The van der Waals surface area contributed by atoms with Gasteiger partial charge in [0.15, 0.2) is 69.8 Å². The lowest BCUT2D eigenvalue weighted by Gasteiger charge is -2.13. The molecule has 0 saturated carbocycles. The predicted molar refractivity (Wildman–Crippen MR) is 200 cm³/mol. The molecule has 5 N–H and O–H groups in total. The zero-order chi connectivity index (χ0) is 47.4. The minimum absolute atomic E-state index is 0.0358. The van der Waals surface area contributed by atoms with Crippen LogP contribution in [0.2, 0.25) is 0 Å². The molecule has 0 aliphatic carbocycles. The average Bonchev–Trinajstić information content (AvgIpc) is 4.16. The summed E-state index contributed by atoms with van der Waals surface area (Å²) in [6.45, 7) is 0. The molecule has 0 fully saturated rings. The summed E-state index contributed by atoms with van der Waals surface area (Å²) in [4.78, 5) is 22.2. The maximum atomic E-state index is 15.8. The minimum Gasteiger partial charge on any atom is -0.478 e. The fourth-order valence-corrected chi connectivity index (χ4v) is 7.70. The SMILES string of the molecule is O=C(O)c1ccc(C2=c3ccc([nH]3)=C(c3c(F)c(F)c(F)c(F)c3F)c3ccc([nH]3)C(c3c(F)c(F)c(F)c(F)c3F)=c3ccc([nH]3)=C(c3c(F)c(F)c(F)c(F)c3F)c3ccc2[nH]3)cc1. The lowest BCUT2D eigenvalue weighted by molar-refractivity contribution is 0.0696. The number of aromatic carboxylic acids is 1. The van der Waals surface area contributed by atoms with Crippen molar-refractivity contribution in [1.29, 1.82) is 0 Å². The van der Waals surface area contributed by atoms with Crippen molar-refractivity contribution in [3.63, 3.8) is 0 Å². The molecule has 0 saturated heterocycles. The van der Waals surface area contributed by atoms with Gasteiger partial charge >= 0.3 is 5.97 Å². The summed E-state index contributed by atoms with van der Waals surface area (Å²) in [6, 6.07) is 12.6. The van der Waals surface area contributed by atoms with Crippen molar-refractivity contribution in [1.82, 2.24) is 19.9 Å². The first-order valence-electron chi connectivity index (χ1n) is 18.5. The van der Waals surface area contributed by atoms with Gasteiger partial charge in [-0.3, -0.25) is 0 Å². The Kier molecular flexibility index (Phi) is 10.2. The molecule has 21 heteroatoms. The summed E-state index contributed by atoms with van der Waals surface area (Å²) in [6.07, 6.45) is 0. The molecule has 6 nitrogen and oxygen atoms in total. The summed E-state index contributed by atoms with van der Waals surface area (Å²) in [5.41, 5.74) is -9.89. The van der Waals surface area contributed by atoms with Crippen LogP contribution in [0.5, 0.6) is 0 Å². The molecule has 4 aromatic heterocycles. The molecule has 8 bridgehead atoms. The number of hydrogen-bond donors (Lipinski definition) is 5. The first-order valence-corrected chi connectivity index (χ1v) is 18.5. The number of nitrogens with one attached hydrogen (secondary N) is 4. The Morgan fingerprint density at radius 2 is 0.545 bits per heavy atom. The highest BCUT2D eigenvalue weighted by Gasteiger charge is 2.34. The molecule has 5 heterocycles. The van der Waals surface area contributed by atoms with Crippen molar-refractivity contribution in [2.24, 2.45) is 0 Å². The first kappa shape index (κ1) is 43.2. The van der Waals surface area contributed by atoms with Gasteiger partial charge in [0.1, 0.15) is 0 Å². The highest BCUT2D eigenvalue weighted by atomic mass is 19.2. The van der Waals surface area contributed by atoms with Crippen molar-refractivity contribution in [3.05, 3.63) is 232 Å². The van der Waals surface area contributed by atoms with Crippen LogP contribution in [0.4, 0.5) is 65.9 Å². The highest BCUT2D eigenvalue weighted by Crippen LogP contribution is 2.36. The van der Waals surface area contributed by atoms with E-state index in [0.29, 0.717) is 0 Å². The van der Waals surface area contributed by atoms with E-state index in [1.807, 2.05) is 0 Å². The van der Waals surface area contributed by atoms with Crippen molar-refractivity contribution < 1.29 is 75.8 Å². The van der Waals surface area contributed by atoms with Gasteiger partial charge in [-0.15, -0.1) is 0 Å². The van der Waals surface area contributed by atoms with E-state index < -0.39 is 160 Å². The monoisotopic (exact) mass is 930 g/mol. The highest BCUT2D eigenvalue weighted by molar-refractivity contribution is 5.89. The molecule has 0 radical (unpaired) electrons. The van der Waals surface area contributed by atoms with Gasteiger partial charge in [0, 0.05) is 66.5 Å². The maximum absolute atomic E-state index is 15.8. The number of hydrogen-bond acceptors (Lipinski definition) is 1. The van der Waals surface area contributed by atoms with Crippen molar-refractivity contribution in [3.8, 4) is 0 Å². The summed E-state index contributed by atoms with van der Waals surface area (Å²) in [5.74, 6) is -38.3. The lowest BCUT2D eigenvalue weighted by Crippen LogP contribution is -2.22. The molecular weight excluding hydrogens is 913 g/mol. The van der Waals surface area contributed by atoms with Crippen LogP contribution in [0.15, 0.2) is 72.8 Å². The number of rotatable bonds is 5. The number of aromatic amines is 4. The molecule has 4 aromatic carbocycles. The lowest BCUT2D eigenvalue weighted by atomic mass is 10.00. The number of carboxylic acids is 1. The van der Waals surface area contributed by atoms with E-state index in [1.165, 1.54) is 24.3 Å². The van der Waals surface area contributed by atoms with E-state index in [2.05, 4.69) is 19.9 Å². The van der Waals surface area contributed by atoms with Crippen molar-refractivity contribution in [2.75, 3.05) is 0 Å². The van der Waals surface area contributed by atoms with Gasteiger partial charge < -0.3 is 25.0 Å². The predicted octanol–water partition coefficient (Wildman–Crippen LogP) is 8.09. The second-order valence-electron chi connectivity index (χ2n) is 14.4. The van der Waals surface area contributed by atoms with Gasteiger partial charge in [-0.05, 0) is 66.2 Å². The largest absolute Gasteiger partial charge is 0.478 e. The fourth-order valence-electron chi connectivity index (χ4n) is 7.70. The van der Waals surface area contributed by atoms with Crippen LogP contribution < -0.4 is 21.4 Å². The Bertz CT molecular complexity index is 3610. The average molecular weight is 931 g/mol. The molecule has 1 aliphatic rings. The van der Waals surface area contributed by atoms with Crippen LogP contribution in [0.3, 0.4) is 0 Å². The standard InChI is InChI=1S/C45H17F15N4O2/c46-30-27(31(47)37(53)42(58)36(30)52)24-17-7-5-15(61-17)23(13-1-3-14(4-2-13)45(65)66)16-6-8-18(62-16)25(28-32(48)38(54)43(59)39(55)33(28)49)20-10-12-22(64-20)26(21-11-9-19(24)63-21)29-34(50)40(56)44(60)41(57)35(29)51/h1-12,61-64H,(H,65,66). The van der Waals surface area contributed by atoms with Gasteiger partial charge in [-0.1, -0.05) is 12.1 Å². The smallest absolute Gasteiger partial charge is 0.335 e. The molecule has 0 atom stereocenters.